The Balaban J connectivity index is 1.62. The molecular weight excluding hydrogens is 454 g/mol. The Morgan fingerprint density at radius 3 is 2.48 bits per heavy atom. The van der Waals surface area contributed by atoms with E-state index in [9.17, 15) is 8.42 Å². The molecule has 4 rings (SSSR count). The van der Waals surface area contributed by atoms with Crippen molar-refractivity contribution >= 4 is 37.6 Å². The number of halogens is 2. The minimum Gasteiger partial charge on any atom is -0.419 e. The van der Waals surface area contributed by atoms with Crippen molar-refractivity contribution in [3.05, 3.63) is 63.9 Å². The van der Waals surface area contributed by atoms with Gasteiger partial charge in [0.05, 0.1) is 11.4 Å². The summed E-state index contributed by atoms with van der Waals surface area (Å²) in [5.74, 6) is 0.582. The minimum atomic E-state index is -3.69. The maximum absolute atomic E-state index is 13.1. The first kappa shape index (κ1) is 18.6. The van der Waals surface area contributed by atoms with Gasteiger partial charge < -0.3 is 4.42 Å². The van der Waals surface area contributed by atoms with Crippen LogP contribution in [0.3, 0.4) is 0 Å². The van der Waals surface area contributed by atoms with Crippen molar-refractivity contribution in [3.63, 3.8) is 0 Å². The van der Waals surface area contributed by atoms with Crippen molar-refractivity contribution in [2.24, 2.45) is 0 Å². The van der Waals surface area contributed by atoms with Crippen molar-refractivity contribution in [2.45, 2.75) is 30.3 Å². The van der Waals surface area contributed by atoms with Crippen LogP contribution in [0.4, 0.5) is 0 Å². The number of benzene rings is 2. The zero-order chi connectivity index (χ0) is 19.0. The van der Waals surface area contributed by atoms with Gasteiger partial charge in [0.15, 0.2) is 0 Å². The number of nitrogens with zero attached hydrogens (tertiary/aromatic N) is 3. The molecule has 0 aliphatic heterocycles. The third-order valence-electron chi connectivity index (χ3n) is 4.23. The predicted molar refractivity (Wildman–Crippen MR) is 105 cm³/mol. The van der Waals surface area contributed by atoms with Gasteiger partial charge in [-0.2, -0.15) is 4.31 Å². The van der Waals surface area contributed by atoms with Gasteiger partial charge in [0.25, 0.3) is 0 Å². The highest BCUT2D eigenvalue weighted by atomic mass is 79.9. The van der Waals surface area contributed by atoms with Crippen LogP contribution in [-0.2, 0) is 16.6 Å². The van der Waals surface area contributed by atoms with Gasteiger partial charge in [-0.15, -0.1) is 10.2 Å². The third-order valence-corrected chi connectivity index (χ3v) is 7.39. The summed E-state index contributed by atoms with van der Waals surface area (Å²) in [5, 5.41) is 8.67. The average molecular weight is 469 g/mol. The predicted octanol–water partition coefficient (Wildman–Crippen LogP) is 4.51. The normalized spacial score (nSPS) is 14.6. The van der Waals surface area contributed by atoms with Crippen molar-refractivity contribution in [1.82, 2.24) is 14.5 Å². The molecule has 1 aliphatic carbocycles. The van der Waals surface area contributed by atoms with Gasteiger partial charge in [-0.3, -0.25) is 0 Å². The third kappa shape index (κ3) is 3.94. The first-order valence-corrected chi connectivity index (χ1v) is 10.9. The van der Waals surface area contributed by atoms with Gasteiger partial charge in [0.1, 0.15) is 0 Å². The van der Waals surface area contributed by atoms with E-state index in [4.69, 9.17) is 16.0 Å². The van der Waals surface area contributed by atoms with Crippen molar-refractivity contribution < 1.29 is 12.8 Å². The molecule has 0 bridgehead atoms. The quantitative estimate of drug-likeness (QED) is 0.532. The molecule has 1 saturated carbocycles. The van der Waals surface area contributed by atoms with Crippen LogP contribution in [0.2, 0.25) is 5.02 Å². The Kier molecular flexibility index (Phi) is 5.07. The highest BCUT2D eigenvalue weighted by Gasteiger charge is 2.39. The molecule has 6 nitrogen and oxygen atoms in total. The molecule has 9 heteroatoms. The Morgan fingerprint density at radius 2 is 1.81 bits per heavy atom. The second kappa shape index (κ2) is 7.35. The molecular formula is C18H15BrClN3O3S. The zero-order valence-electron chi connectivity index (χ0n) is 14.0. The summed E-state index contributed by atoms with van der Waals surface area (Å²) in [5.41, 5.74) is 0.727. The monoisotopic (exact) mass is 467 g/mol. The largest absolute Gasteiger partial charge is 0.419 e. The molecule has 0 N–H and O–H groups in total. The molecule has 2 aromatic carbocycles. The van der Waals surface area contributed by atoms with Crippen LogP contribution in [-0.4, -0.2) is 29.0 Å². The summed E-state index contributed by atoms with van der Waals surface area (Å²) in [6.45, 7) is 0.0366. The molecule has 0 radical (unpaired) electrons. The van der Waals surface area contributed by atoms with E-state index in [0.717, 1.165) is 18.4 Å². The lowest BCUT2D eigenvalue weighted by Crippen LogP contribution is -2.33. The summed E-state index contributed by atoms with van der Waals surface area (Å²) in [6.07, 6.45) is 1.64. The molecule has 0 atom stereocenters. The van der Waals surface area contributed by atoms with Crippen LogP contribution in [0.5, 0.6) is 0 Å². The molecule has 1 heterocycles. The molecule has 1 aliphatic rings. The van der Waals surface area contributed by atoms with Crippen LogP contribution in [0.25, 0.3) is 11.5 Å². The van der Waals surface area contributed by atoms with E-state index in [0.29, 0.717) is 15.4 Å². The topological polar surface area (TPSA) is 76.3 Å². The van der Waals surface area contributed by atoms with E-state index in [1.807, 2.05) is 0 Å². The van der Waals surface area contributed by atoms with Gasteiger partial charge in [0, 0.05) is 21.1 Å². The van der Waals surface area contributed by atoms with Crippen LogP contribution < -0.4 is 0 Å². The Bertz CT molecular complexity index is 1070. The van der Waals surface area contributed by atoms with Crippen LogP contribution in [0.1, 0.15) is 18.7 Å². The molecule has 0 saturated heterocycles. The van der Waals surface area contributed by atoms with Gasteiger partial charge in [-0.1, -0.05) is 23.7 Å². The van der Waals surface area contributed by atoms with Gasteiger partial charge in [-0.05, 0) is 65.2 Å². The number of hydrogen-bond donors (Lipinski definition) is 0. The molecule has 3 aromatic rings. The first-order valence-electron chi connectivity index (χ1n) is 8.30. The number of hydrogen-bond acceptors (Lipinski definition) is 5. The van der Waals surface area contributed by atoms with Crippen molar-refractivity contribution in [2.75, 3.05) is 0 Å². The number of rotatable bonds is 6. The molecule has 1 aromatic heterocycles. The smallest absolute Gasteiger partial charge is 0.247 e. The fourth-order valence-electron chi connectivity index (χ4n) is 2.71. The maximum atomic E-state index is 13.1. The lowest BCUT2D eigenvalue weighted by molar-refractivity contribution is 0.351. The standard InChI is InChI=1S/C18H15BrClN3O3S/c19-15-3-1-2-4-16(15)27(24,25)23(14-9-10-14)11-17-21-22-18(26-17)12-5-7-13(20)8-6-12/h1-8,14H,9-11H2. The van der Waals surface area contributed by atoms with Gasteiger partial charge in [-0.25, -0.2) is 8.42 Å². The molecule has 0 spiro atoms. The zero-order valence-corrected chi connectivity index (χ0v) is 17.2. The van der Waals surface area contributed by atoms with Gasteiger partial charge >= 0.3 is 0 Å². The fourth-order valence-corrected chi connectivity index (χ4v) is 5.44. The Hall–Kier alpha value is -1.74. The first-order chi connectivity index (χ1) is 12.9. The van der Waals surface area contributed by atoms with E-state index >= 15 is 0 Å². The summed E-state index contributed by atoms with van der Waals surface area (Å²) >= 11 is 9.22. The summed E-state index contributed by atoms with van der Waals surface area (Å²) in [4.78, 5) is 0.231. The maximum Gasteiger partial charge on any atom is 0.247 e. The SMILES string of the molecule is O=S(=O)(c1ccccc1Br)N(Cc1nnc(-c2ccc(Cl)cc2)o1)C1CC1. The molecule has 27 heavy (non-hydrogen) atoms. The van der Waals surface area contributed by atoms with Crippen molar-refractivity contribution in [3.8, 4) is 11.5 Å². The molecule has 140 valence electrons. The van der Waals surface area contributed by atoms with E-state index in [-0.39, 0.29) is 23.4 Å². The van der Waals surface area contributed by atoms with Gasteiger partial charge in [0.2, 0.25) is 21.8 Å². The van der Waals surface area contributed by atoms with E-state index in [1.54, 1.807) is 48.5 Å². The molecule has 0 unspecified atom stereocenters. The Labute approximate surface area is 170 Å². The number of aromatic nitrogens is 2. The highest BCUT2D eigenvalue weighted by Crippen LogP contribution is 2.35. The number of sulfonamides is 1. The van der Waals surface area contributed by atoms with Crippen LogP contribution in [0.15, 0.2) is 62.3 Å². The molecule has 0 amide bonds. The molecule has 1 fully saturated rings. The summed E-state index contributed by atoms with van der Waals surface area (Å²) in [6, 6.07) is 13.7. The average Bonchev–Trinajstić information content (AvgIpc) is 3.38. The van der Waals surface area contributed by atoms with E-state index < -0.39 is 10.0 Å². The summed E-state index contributed by atoms with van der Waals surface area (Å²) < 4.78 is 34.0. The van der Waals surface area contributed by atoms with Crippen LogP contribution in [0, 0.1) is 0 Å². The van der Waals surface area contributed by atoms with Crippen LogP contribution >= 0.6 is 27.5 Å². The highest BCUT2D eigenvalue weighted by molar-refractivity contribution is 9.10. The second-order valence-electron chi connectivity index (χ2n) is 6.22. The minimum absolute atomic E-state index is 0.0366. The Morgan fingerprint density at radius 1 is 1.11 bits per heavy atom. The van der Waals surface area contributed by atoms with Crippen molar-refractivity contribution in [1.29, 1.82) is 0 Å². The lowest BCUT2D eigenvalue weighted by atomic mass is 10.2. The second-order valence-corrected chi connectivity index (χ2v) is 9.37. The fraction of sp³-hybridized carbons (Fsp3) is 0.222. The van der Waals surface area contributed by atoms with E-state index in [2.05, 4.69) is 26.1 Å². The lowest BCUT2D eigenvalue weighted by Gasteiger charge is -2.20. The van der Waals surface area contributed by atoms with E-state index in [1.165, 1.54) is 4.31 Å². The summed E-state index contributed by atoms with van der Waals surface area (Å²) in [7, 11) is -3.69.